The number of benzene rings is 2. The van der Waals surface area contributed by atoms with Crippen molar-refractivity contribution in [1.82, 2.24) is 19.7 Å². The molecule has 2 atom stereocenters. The summed E-state index contributed by atoms with van der Waals surface area (Å²) in [5.74, 6) is -1.98. The number of amides is 1. The Kier molecular flexibility index (Phi) is 7.73. The van der Waals surface area contributed by atoms with Crippen LogP contribution in [-0.2, 0) is 19.7 Å². The molecule has 13 heteroatoms. The normalized spacial score (nSPS) is 19.5. The zero-order chi connectivity index (χ0) is 28.8. The summed E-state index contributed by atoms with van der Waals surface area (Å²) in [6, 6.07) is 10.1. The Morgan fingerprint density at radius 3 is 2.55 bits per heavy atom. The van der Waals surface area contributed by atoms with Crippen molar-refractivity contribution in [3.8, 4) is 11.4 Å². The summed E-state index contributed by atoms with van der Waals surface area (Å²) in [6.07, 6.45) is -1.56. The van der Waals surface area contributed by atoms with E-state index in [1.807, 2.05) is 13.0 Å². The van der Waals surface area contributed by atoms with Gasteiger partial charge in [-0.2, -0.15) is 8.78 Å². The van der Waals surface area contributed by atoms with E-state index in [0.29, 0.717) is 34.7 Å². The third kappa shape index (κ3) is 5.25. The van der Waals surface area contributed by atoms with E-state index in [0.717, 1.165) is 10.1 Å². The van der Waals surface area contributed by atoms with Gasteiger partial charge in [0.25, 0.3) is 0 Å². The topological polar surface area (TPSA) is 107 Å². The minimum atomic E-state index is -3.87. The van der Waals surface area contributed by atoms with Crippen LogP contribution < -0.4 is 4.74 Å². The maximum absolute atomic E-state index is 14.6. The summed E-state index contributed by atoms with van der Waals surface area (Å²) in [4.78, 5) is 26.3. The molecule has 9 nitrogen and oxygen atoms in total. The molecule has 0 unspecified atom stereocenters. The number of hydrogen-bond acceptors (Lipinski definition) is 6. The number of piperidine rings is 1. The Bertz CT molecular complexity index is 1450. The van der Waals surface area contributed by atoms with Gasteiger partial charge in [0.15, 0.2) is 5.82 Å². The van der Waals surface area contributed by atoms with Crippen LogP contribution >= 0.6 is 23.2 Å². The van der Waals surface area contributed by atoms with Gasteiger partial charge in [-0.15, -0.1) is 10.2 Å². The third-order valence-electron chi connectivity index (χ3n) is 7.43. The average Bonchev–Trinajstić information content (AvgIpc) is 3.32. The lowest BCUT2D eigenvalue weighted by molar-refractivity contribution is -0.146. The van der Waals surface area contributed by atoms with Crippen molar-refractivity contribution in [2.45, 2.75) is 43.8 Å². The van der Waals surface area contributed by atoms with Gasteiger partial charge in [0.1, 0.15) is 18.0 Å². The van der Waals surface area contributed by atoms with E-state index >= 15 is 0 Å². The van der Waals surface area contributed by atoms with Crippen molar-refractivity contribution >= 4 is 35.1 Å². The standard InChI is InChI=1S/C27H26Cl2F2N4O5/c1-14-17(4-3-5-20(14)39-2)23-18-12-16(28)6-7-19(18)35-24(32-33-26(35)27(29,30)31)21(40-23)13-22(36)34-10-8-15(9-11-34)25(37)38/h3-7,12,15,21,23H,8-11,13H2,1-2H3,(H,37,38)/t21-,23-/m0/s1. The van der Waals surface area contributed by atoms with Gasteiger partial charge in [-0.1, -0.05) is 23.7 Å². The highest BCUT2D eigenvalue weighted by molar-refractivity contribution is 6.30. The molecule has 5 rings (SSSR count). The molecule has 1 fully saturated rings. The number of ether oxygens (including phenoxy) is 2. The van der Waals surface area contributed by atoms with Crippen LogP contribution in [-0.4, -0.2) is 56.8 Å². The Morgan fingerprint density at radius 2 is 1.90 bits per heavy atom. The summed E-state index contributed by atoms with van der Waals surface area (Å²) >= 11 is 11.8. The number of carbonyl (C=O) groups is 2. The minimum absolute atomic E-state index is 0.0179. The zero-order valence-corrected chi connectivity index (χ0v) is 23.1. The molecule has 1 saturated heterocycles. The molecule has 1 amide bonds. The first kappa shape index (κ1) is 28.3. The number of nitrogens with zero attached hydrogens (tertiary/aromatic N) is 4. The Morgan fingerprint density at radius 1 is 1.18 bits per heavy atom. The smallest absolute Gasteiger partial charge is 0.382 e. The molecular formula is C27H26Cl2F2N4O5. The van der Waals surface area contributed by atoms with Gasteiger partial charge < -0.3 is 19.5 Å². The molecular weight excluding hydrogens is 569 g/mol. The summed E-state index contributed by atoms with van der Waals surface area (Å²) in [6.45, 7) is 2.36. The fourth-order valence-corrected chi connectivity index (χ4v) is 5.65. The van der Waals surface area contributed by atoms with Gasteiger partial charge in [0, 0.05) is 23.7 Å². The van der Waals surface area contributed by atoms with E-state index in [1.165, 1.54) is 7.11 Å². The summed E-state index contributed by atoms with van der Waals surface area (Å²) < 4.78 is 42.4. The summed E-state index contributed by atoms with van der Waals surface area (Å²) in [7, 11) is 1.54. The van der Waals surface area contributed by atoms with Crippen molar-refractivity contribution in [3.05, 3.63) is 69.8 Å². The van der Waals surface area contributed by atoms with Gasteiger partial charge >= 0.3 is 11.4 Å². The lowest BCUT2D eigenvalue weighted by atomic mass is 9.95. The number of carboxylic acids is 1. The number of carbonyl (C=O) groups excluding carboxylic acids is 1. The zero-order valence-electron chi connectivity index (χ0n) is 21.6. The largest absolute Gasteiger partial charge is 0.496 e. The summed E-state index contributed by atoms with van der Waals surface area (Å²) in [5.41, 5.74) is 2.16. The van der Waals surface area contributed by atoms with E-state index in [2.05, 4.69) is 10.2 Å². The first-order valence-electron chi connectivity index (χ1n) is 12.6. The molecule has 0 radical (unpaired) electrons. The molecule has 0 spiro atoms. The summed E-state index contributed by atoms with van der Waals surface area (Å²) in [5, 5.41) is 13.5. The number of aromatic nitrogens is 3. The van der Waals surface area contributed by atoms with Crippen LogP contribution in [0.1, 0.15) is 59.8 Å². The molecule has 1 aromatic heterocycles. The second kappa shape index (κ2) is 10.9. The van der Waals surface area contributed by atoms with E-state index in [-0.39, 0.29) is 36.9 Å². The predicted octanol–water partition coefficient (Wildman–Crippen LogP) is 5.40. The Hall–Kier alpha value is -3.28. The van der Waals surface area contributed by atoms with E-state index in [4.69, 9.17) is 32.7 Å². The molecule has 3 heterocycles. The van der Waals surface area contributed by atoms with Crippen molar-refractivity contribution in [2.24, 2.45) is 5.92 Å². The second-order valence-electron chi connectivity index (χ2n) is 9.79. The molecule has 2 aliphatic heterocycles. The van der Waals surface area contributed by atoms with Crippen molar-refractivity contribution < 1.29 is 33.0 Å². The van der Waals surface area contributed by atoms with Crippen LogP contribution in [0.2, 0.25) is 5.02 Å². The van der Waals surface area contributed by atoms with Gasteiger partial charge in [0.2, 0.25) is 11.7 Å². The van der Waals surface area contributed by atoms with Crippen molar-refractivity contribution in [1.29, 1.82) is 0 Å². The maximum Gasteiger partial charge on any atom is 0.382 e. The number of likely N-dealkylation sites (tertiary alicyclic amines) is 1. The van der Waals surface area contributed by atoms with Crippen LogP contribution in [0.25, 0.3) is 5.69 Å². The van der Waals surface area contributed by atoms with Gasteiger partial charge in [0.05, 0.1) is 25.1 Å². The number of aliphatic carboxylic acids is 1. The van der Waals surface area contributed by atoms with Gasteiger partial charge in [-0.05, 0) is 66.8 Å². The van der Waals surface area contributed by atoms with E-state index in [9.17, 15) is 23.5 Å². The fourth-order valence-electron chi connectivity index (χ4n) is 5.34. The molecule has 0 aliphatic carbocycles. The molecule has 0 saturated carbocycles. The van der Waals surface area contributed by atoms with E-state index < -0.39 is 35.3 Å². The number of methoxy groups -OCH3 is 1. The monoisotopic (exact) mass is 594 g/mol. The lowest BCUT2D eigenvalue weighted by Gasteiger charge is -2.31. The van der Waals surface area contributed by atoms with Gasteiger partial charge in [-0.3, -0.25) is 14.2 Å². The van der Waals surface area contributed by atoms with Crippen LogP contribution in [0.3, 0.4) is 0 Å². The molecule has 0 bridgehead atoms. The molecule has 2 aromatic carbocycles. The lowest BCUT2D eigenvalue weighted by Crippen LogP contribution is -2.41. The fraction of sp³-hybridized carbons (Fsp3) is 0.407. The Labute approximate surface area is 238 Å². The predicted molar refractivity (Wildman–Crippen MR) is 141 cm³/mol. The molecule has 1 N–H and O–H groups in total. The number of alkyl halides is 3. The van der Waals surface area contributed by atoms with Crippen LogP contribution in [0, 0.1) is 12.8 Å². The van der Waals surface area contributed by atoms with E-state index in [1.54, 1.807) is 35.2 Å². The maximum atomic E-state index is 14.6. The molecule has 40 heavy (non-hydrogen) atoms. The molecule has 212 valence electrons. The molecule has 2 aliphatic rings. The highest BCUT2D eigenvalue weighted by Crippen LogP contribution is 2.45. The number of fused-ring (bicyclic) bond motifs is 3. The van der Waals surface area contributed by atoms with Gasteiger partial charge in [-0.25, -0.2) is 0 Å². The number of carboxylic acid groups (broad SMARTS) is 1. The van der Waals surface area contributed by atoms with Crippen molar-refractivity contribution in [3.63, 3.8) is 0 Å². The second-order valence-corrected chi connectivity index (χ2v) is 10.7. The Balaban J connectivity index is 1.61. The third-order valence-corrected chi connectivity index (χ3v) is 7.83. The first-order valence-corrected chi connectivity index (χ1v) is 13.4. The van der Waals surface area contributed by atoms with Crippen LogP contribution in [0.15, 0.2) is 36.4 Å². The SMILES string of the molecule is COc1cccc([C@@H]2O[C@@H](CC(=O)N3CCC(C(=O)O)CC3)c3nnc(C(F)(F)Cl)n3-c3ccc(Cl)cc32)c1C. The quantitative estimate of drug-likeness (QED) is 0.381. The average molecular weight is 595 g/mol. The van der Waals surface area contributed by atoms with Crippen molar-refractivity contribution in [2.75, 3.05) is 20.2 Å². The minimum Gasteiger partial charge on any atom is -0.496 e. The number of hydrogen-bond donors (Lipinski definition) is 1. The first-order chi connectivity index (χ1) is 19.0. The van der Waals surface area contributed by atoms with Crippen LogP contribution in [0.5, 0.6) is 5.75 Å². The molecule has 3 aromatic rings. The highest BCUT2D eigenvalue weighted by Gasteiger charge is 2.42. The number of halogens is 4. The van der Waals surface area contributed by atoms with Crippen LogP contribution in [0.4, 0.5) is 8.78 Å². The highest BCUT2D eigenvalue weighted by atomic mass is 35.5. The number of rotatable bonds is 6.